The molecule has 0 rings (SSSR count). The van der Waals surface area contributed by atoms with Crippen LogP contribution < -0.4 is 10.6 Å². The highest BCUT2D eigenvalue weighted by molar-refractivity contribution is 5.78. The van der Waals surface area contributed by atoms with Crippen LogP contribution in [-0.4, -0.2) is 42.3 Å². The predicted octanol–water partition coefficient (Wildman–Crippen LogP) is 3.35. The van der Waals surface area contributed by atoms with Crippen molar-refractivity contribution >= 4 is 24.1 Å². The van der Waals surface area contributed by atoms with Crippen molar-refractivity contribution in [3.63, 3.8) is 0 Å². The minimum atomic E-state index is -0.700. The number of rotatable bonds is 20. The van der Waals surface area contributed by atoms with Crippen molar-refractivity contribution in [3.05, 3.63) is 0 Å². The Morgan fingerprint density at radius 2 is 1.04 bits per heavy atom. The van der Waals surface area contributed by atoms with Crippen LogP contribution in [0.1, 0.15) is 96.3 Å². The largest absolute Gasteiger partial charge is 0.481 e. The molecule has 2 amide bonds. The lowest BCUT2D eigenvalue weighted by Crippen LogP contribution is -2.28. The van der Waals surface area contributed by atoms with E-state index in [-0.39, 0.29) is 24.8 Å². The number of carbonyl (C=O) groups excluding carboxylic acids is 3. The molecule has 162 valence electrons. The number of amides is 2. The fourth-order valence-corrected chi connectivity index (χ4v) is 2.96. The monoisotopic (exact) mass is 398 g/mol. The Labute approximate surface area is 169 Å². The van der Waals surface area contributed by atoms with Crippen molar-refractivity contribution in [1.29, 1.82) is 0 Å². The number of unbranched alkanes of at least 4 members (excludes halogenated alkanes) is 10. The first-order chi connectivity index (χ1) is 13.6. The van der Waals surface area contributed by atoms with Crippen molar-refractivity contribution in [2.45, 2.75) is 96.3 Å². The van der Waals surface area contributed by atoms with Gasteiger partial charge in [-0.1, -0.05) is 57.8 Å². The molecule has 28 heavy (non-hydrogen) atoms. The second-order valence-corrected chi connectivity index (χ2v) is 7.21. The molecule has 0 aliphatic carbocycles. The molecule has 0 aromatic rings. The van der Waals surface area contributed by atoms with Gasteiger partial charge in [0, 0.05) is 25.8 Å². The zero-order valence-corrected chi connectivity index (χ0v) is 17.2. The highest BCUT2D eigenvalue weighted by atomic mass is 16.4. The molecule has 0 aliphatic heterocycles. The van der Waals surface area contributed by atoms with Crippen LogP contribution in [0.3, 0.4) is 0 Å². The van der Waals surface area contributed by atoms with E-state index in [1.807, 2.05) is 0 Å². The summed E-state index contributed by atoms with van der Waals surface area (Å²) in [7, 11) is 0. The number of carboxylic acid groups (broad SMARTS) is 1. The summed E-state index contributed by atoms with van der Waals surface area (Å²) >= 11 is 0. The van der Waals surface area contributed by atoms with E-state index in [9.17, 15) is 19.2 Å². The zero-order chi connectivity index (χ0) is 20.9. The minimum Gasteiger partial charge on any atom is -0.481 e. The molecule has 3 N–H and O–H groups in total. The summed E-state index contributed by atoms with van der Waals surface area (Å²) in [5.74, 6) is -0.829. The summed E-state index contributed by atoms with van der Waals surface area (Å²) in [6.07, 6.45) is 14.5. The Bertz CT molecular complexity index is 441. The van der Waals surface area contributed by atoms with Gasteiger partial charge < -0.3 is 20.5 Å². The van der Waals surface area contributed by atoms with Gasteiger partial charge >= 0.3 is 5.97 Å². The van der Waals surface area contributed by atoms with Crippen LogP contribution in [0.25, 0.3) is 0 Å². The summed E-state index contributed by atoms with van der Waals surface area (Å²) in [5, 5.41) is 13.8. The number of aldehydes is 1. The molecular formula is C21H38N2O5. The van der Waals surface area contributed by atoms with Crippen LogP contribution in [0.5, 0.6) is 0 Å². The van der Waals surface area contributed by atoms with Gasteiger partial charge in [-0.15, -0.1) is 0 Å². The first kappa shape index (κ1) is 26.1. The van der Waals surface area contributed by atoms with Gasteiger partial charge in [0.05, 0.1) is 6.54 Å². The first-order valence-electron chi connectivity index (χ1n) is 10.7. The Kier molecular flexibility index (Phi) is 18.5. The SMILES string of the molecule is O=CCNC(=O)CCCNC(=O)CCCCCCCCCCCCCC(=O)O. The van der Waals surface area contributed by atoms with E-state index in [0.29, 0.717) is 32.1 Å². The van der Waals surface area contributed by atoms with E-state index in [1.165, 1.54) is 32.1 Å². The number of carbonyl (C=O) groups is 4. The van der Waals surface area contributed by atoms with Gasteiger partial charge in [0.25, 0.3) is 0 Å². The maximum Gasteiger partial charge on any atom is 0.303 e. The van der Waals surface area contributed by atoms with E-state index in [2.05, 4.69) is 10.6 Å². The summed E-state index contributed by atoms with van der Waals surface area (Å²) in [6.45, 7) is 0.531. The lowest BCUT2D eigenvalue weighted by atomic mass is 10.0. The normalized spacial score (nSPS) is 10.4. The number of hydrogen-bond donors (Lipinski definition) is 3. The van der Waals surface area contributed by atoms with Gasteiger partial charge in [0.2, 0.25) is 11.8 Å². The number of aliphatic carboxylic acids is 1. The zero-order valence-electron chi connectivity index (χ0n) is 17.2. The maximum absolute atomic E-state index is 11.7. The number of carboxylic acids is 1. The molecule has 0 aromatic carbocycles. The average molecular weight is 399 g/mol. The highest BCUT2D eigenvalue weighted by Gasteiger charge is 2.03. The highest BCUT2D eigenvalue weighted by Crippen LogP contribution is 2.12. The summed E-state index contributed by atoms with van der Waals surface area (Å²) in [4.78, 5) is 43.5. The molecule has 0 heterocycles. The van der Waals surface area contributed by atoms with Crippen molar-refractivity contribution in [2.75, 3.05) is 13.1 Å². The second kappa shape index (κ2) is 19.8. The Morgan fingerprint density at radius 1 is 0.607 bits per heavy atom. The third-order valence-electron chi connectivity index (χ3n) is 4.58. The van der Waals surface area contributed by atoms with Crippen LogP contribution >= 0.6 is 0 Å². The second-order valence-electron chi connectivity index (χ2n) is 7.21. The minimum absolute atomic E-state index is 0.0381. The first-order valence-corrected chi connectivity index (χ1v) is 10.7. The Hall–Kier alpha value is -1.92. The van der Waals surface area contributed by atoms with E-state index in [4.69, 9.17) is 5.11 Å². The van der Waals surface area contributed by atoms with Crippen LogP contribution in [-0.2, 0) is 19.2 Å². The average Bonchev–Trinajstić information content (AvgIpc) is 2.67. The smallest absolute Gasteiger partial charge is 0.303 e. The molecule has 0 aromatic heterocycles. The third kappa shape index (κ3) is 20.4. The van der Waals surface area contributed by atoms with E-state index in [1.54, 1.807) is 0 Å². The van der Waals surface area contributed by atoms with Crippen molar-refractivity contribution in [3.8, 4) is 0 Å². The van der Waals surface area contributed by atoms with Crippen molar-refractivity contribution in [1.82, 2.24) is 10.6 Å². The van der Waals surface area contributed by atoms with Gasteiger partial charge in [-0.25, -0.2) is 0 Å². The van der Waals surface area contributed by atoms with Crippen LogP contribution in [0.4, 0.5) is 0 Å². The molecule has 0 fully saturated rings. The molecular weight excluding hydrogens is 360 g/mol. The van der Waals surface area contributed by atoms with E-state index >= 15 is 0 Å². The molecule has 0 unspecified atom stereocenters. The molecule has 0 bridgehead atoms. The molecule has 0 radical (unpaired) electrons. The molecule has 7 nitrogen and oxygen atoms in total. The third-order valence-corrected chi connectivity index (χ3v) is 4.58. The molecule has 0 saturated carbocycles. The van der Waals surface area contributed by atoms with Crippen LogP contribution in [0, 0.1) is 0 Å². The number of nitrogens with one attached hydrogen (secondary N) is 2. The van der Waals surface area contributed by atoms with Gasteiger partial charge in [-0.05, 0) is 19.3 Å². The van der Waals surface area contributed by atoms with Gasteiger partial charge in [-0.3, -0.25) is 14.4 Å². The van der Waals surface area contributed by atoms with Crippen LogP contribution in [0.2, 0.25) is 0 Å². The van der Waals surface area contributed by atoms with E-state index in [0.717, 1.165) is 38.5 Å². The molecule has 0 spiro atoms. The quantitative estimate of drug-likeness (QED) is 0.215. The van der Waals surface area contributed by atoms with E-state index < -0.39 is 5.97 Å². The van der Waals surface area contributed by atoms with Crippen LogP contribution in [0.15, 0.2) is 0 Å². The fourth-order valence-electron chi connectivity index (χ4n) is 2.96. The predicted molar refractivity (Wildman–Crippen MR) is 109 cm³/mol. The summed E-state index contributed by atoms with van der Waals surface area (Å²) in [5.41, 5.74) is 0. The van der Waals surface area contributed by atoms with Crippen molar-refractivity contribution < 1.29 is 24.3 Å². The summed E-state index contributed by atoms with van der Waals surface area (Å²) in [6, 6.07) is 0. The molecule has 0 atom stereocenters. The fraction of sp³-hybridized carbons (Fsp3) is 0.810. The van der Waals surface area contributed by atoms with Gasteiger partial charge in [0.1, 0.15) is 6.29 Å². The maximum atomic E-state index is 11.7. The summed E-state index contributed by atoms with van der Waals surface area (Å²) < 4.78 is 0. The number of hydrogen-bond acceptors (Lipinski definition) is 4. The Balaban J connectivity index is 3.25. The Morgan fingerprint density at radius 3 is 1.54 bits per heavy atom. The molecule has 0 aliphatic rings. The lowest BCUT2D eigenvalue weighted by Gasteiger charge is -2.06. The molecule has 7 heteroatoms. The topological polar surface area (TPSA) is 113 Å². The van der Waals surface area contributed by atoms with Crippen molar-refractivity contribution in [2.24, 2.45) is 0 Å². The van der Waals surface area contributed by atoms with Gasteiger partial charge in [-0.2, -0.15) is 0 Å². The molecule has 0 saturated heterocycles. The standard InChI is InChI=1S/C21H38N2O5/c24-18-17-23-20(26)14-12-16-22-19(25)13-10-8-6-4-2-1-3-5-7-9-11-15-21(27)28/h18H,1-17H2,(H,22,25)(H,23,26)(H,27,28). The van der Waals surface area contributed by atoms with Gasteiger partial charge in [0.15, 0.2) is 0 Å². The lowest BCUT2D eigenvalue weighted by molar-refractivity contribution is -0.137.